The number of rotatable bonds is 3. The SMILES string of the molecule is CCOC(=O)c1cc2c(N3CCN(C)CC3)cccc2s1. The van der Waals surface area contributed by atoms with Crippen molar-refractivity contribution in [1.82, 2.24) is 4.90 Å². The van der Waals surface area contributed by atoms with Crippen LogP contribution >= 0.6 is 11.3 Å². The molecule has 1 aromatic carbocycles. The summed E-state index contributed by atoms with van der Waals surface area (Å²) in [5.41, 5.74) is 1.23. The third-order valence-corrected chi connectivity index (χ3v) is 4.94. The predicted molar refractivity (Wildman–Crippen MR) is 87.5 cm³/mol. The highest BCUT2D eigenvalue weighted by Gasteiger charge is 2.19. The zero-order valence-corrected chi connectivity index (χ0v) is 13.3. The average molecular weight is 304 g/mol. The third kappa shape index (κ3) is 2.89. The standard InChI is InChI=1S/C16H20N2O2S/c1-3-20-16(19)15-11-12-13(5-4-6-14(12)21-15)18-9-7-17(2)8-10-18/h4-6,11H,3,7-10H2,1-2H3. The van der Waals surface area contributed by atoms with Crippen molar-refractivity contribution in [1.29, 1.82) is 0 Å². The number of benzene rings is 1. The van der Waals surface area contributed by atoms with Gasteiger partial charge >= 0.3 is 5.97 Å². The van der Waals surface area contributed by atoms with E-state index in [4.69, 9.17) is 4.74 Å². The van der Waals surface area contributed by atoms with Crippen molar-refractivity contribution in [3.05, 3.63) is 29.1 Å². The van der Waals surface area contributed by atoms with E-state index in [9.17, 15) is 4.79 Å². The quantitative estimate of drug-likeness (QED) is 0.816. The fraction of sp³-hybridized carbons (Fsp3) is 0.438. The molecule has 1 aromatic heterocycles. The van der Waals surface area contributed by atoms with Gasteiger partial charge in [0, 0.05) is 42.0 Å². The van der Waals surface area contributed by atoms with Crippen molar-refractivity contribution in [3.8, 4) is 0 Å². The van der Waals surface area contributed by atoms with Gasteiger partial charge in [-0.15, -0.1) is 11.3 Å². The number of carbonyl (C=O) groups excluding carboxylic acids is 1. The summed E-state index contributed by atoms with van der Waals surface area (Å²) in [6.07, 6.45) is 0. The minimum atomic E-state index is -0.219. The number of thiophene rings is 1. The first-order valence-corrected chi connectivity index (χ1v) is 8.14. The summed E-state index contributed by atoms with van der Waals surface area (Å²) >= 11 is 1.51. The summed E-state index contributed by atoms with van der Waals surface area (Å²) in [6, 6.07) is 8.27. The lowest BCUT2D eigenvalue weighted by Crippen LogP contribution is -2.44. The first kappa shape index (κ1) is 14.4. The van der Waals surface area contributed by atoms with Crippen molar-refractivity contribution >= 4 is 33.1 Å². The highest BCUT2D eigenvalue weighted by atomic mass is 32.1. The summed E-state index contributed by atoms with van der Waals surface area (Å²) in [5, 5.41) is 1.16. The molecule has 0 N–H and O–H groups in total. The van der Waals surface area contributed by atoms with E-state index in [0.29, 0.717) is 11.5 Å². The number of carbonyl (C=O) groups is 1. The van der Waals surface area contributed by atoms with E-state index in [1.165, 1.54) is 17.0 Å². The van der Waals surface area contributed by atoms with Gasteiger partial charge in [-0.05, 0) is 32.2 Å². The molecule has 0 saturated carbocycles. The van der Waals surface area contributed by atoms with Gasteiger partial charge < -0.3 is 14.5 Å². The summed E-state index contributed by atoms with van der Waals surface area (Å²) in [5.74, 6) is -0.219. The van der Waals surface area contributed by atoms with Crippen molar-refractivity contribution in [2.45, 2.75) is 6.92 Å². The Balaban J connectivity index is 1.94. The summed E-state index contributed by atoms with van der Waals surface area (Å²) < 4.78 is 6.26. The molecule has 5 heteroatoms. The first-order valence-electron chi connectivity index (χ1n) is 7.32. The van der Waals surface area contributed by atoms with Crippen LogP contribution in [-0.4, -0.2) is 50.7 Å². The van der Waals surface area contributed by atoms with Gasteiger partial charge in [0.05, 0.1) is 6.61 Å². The molecule has 0 spiro atoms. The van der Waals surface area contributed by atoms with E-state index in [2.05, 4.69) is 35.0 Å². The number of anilines is 1. The number of hydrogen-bond acceptors (Lipinski definition) is 5. The molecule has 1 aliphatic rings. The molecular formula is C16H20N2O2S. The van der Waals surface area contributed by atoms with Gasteiger partial charge in [-0.3, -0.25) is 0 Å². The van der Waals surface area contributed by atoms with Gasteiger partial charge in [-0.1, -0.05) is 6.07 Å². The predicted octanol–water partition coefficient (Wildman–Crippen LogP) is 2.83. The molecule has 0 atom stereocenters. The minimum Gasteiger partial charge on any atom is -0.462 e. The minimum absolute atomic E-state index is 0.219. The number of likely N-dealkylation sites (N-methyl/N-ethyl adjacent to an activating group) is 1. The average Bonchev–Trinajstić information content (AvgIpc) is 2.92. The molecule has 112 valence electrons. The van der Waals surface area contributed by atoms with Gasteiger partial charge in [0.25, 0.3) is 0 Å². The largest absolute Gasteiger partial charge is 0.462 e. The van der Waals surface area contributed by atoms with Crippen LogP contribution in [0.1, 0.15) is 16.6 Å². The van der Waals surface area contributed by atoms with Crippen molar-refractivity contribution in [2.75, 3.05) is 44.7 Å². The molecule has 1 saturated heterocycles. The van der Waals surface area contributed by atoms with Crippen molar-refractivity contribution < 1.29 is 9.53 Å². The maximum absolute atomic E-state index is 11.9. The number of hydrogen-bond donors (Lipinski definition) is 0. The summed E-state index contributed by atoms with van der Waals surface area (Å²) in [7, 11) is 2.15. The van der Waals surface area contributed by atoms with E-state index in [-0.39, 0.29) is 5.97 Å². The van der Waals surface area contributed by atoms with E-state index in [1.807, 2.05) is 13.0 Å². The van der Waals surface area contributed by atoms with Gasteiger partial charge in [-0.25, -0.2) is 4.79 Å². The van der Waals surface area contributed by atoms with Crippen LogP contribution in [0.15, 0.2) is 24.3 Å². The fourth-order valence-corrected chi connectivity index (χ4v) is 3.65. The van der Waals surface area contributed by atoms with Crippen LogP contribution < -0.4 is 4.90 Å². The zero-order chi connectivity index (χ0) is 14.8. The summed E-state index contributed by atoms with van der Waals surface area (Å²) in [6.45, 7) is 6.45. The van der Waals surface area contributed by atoms with Crippen LogP contribution in [-0.2, 0) is 4.74 Å². The number of esters is 1. The van der Waals surface area contributed by atoms with E-state index < -0.39 is 0 Å². The zero-order valence-electron chi connectivity index (χ0n) is 12.5. The van der Waals surface area contributed by atoms with Crippen LogP contribution in [0.4, 0.5) is 5.69 Å². The number of nitrogens with zero attached hydrogens (tertiary/aromatic N) is 2. The number of ether oxygens (including phenoxy) is 1. The van der Waals surface area contributed by atoms with Crippen LogP contribution in [0.25, 0.3) is 10.1 Å². The van der Waals surface area contributed by atoms with Crippen LogP contribution in [0, 0.1) is 0 Å². The van der Waals surface area contributed by atoms with Gasteiger partial charge in [0.2, 0.25) is 0 Å². The van der Waals surface area contributed by atoms with Crippen LogP contribution in [0.2, 0.25) is 0 Å². The highest BCUT2D eigenvalue weighted by Crippen LogP contribution is 2.34. The van der Waals surface area contributed by atoms with Crippen molar-refractivity contribution in [2.24, 2.45) is 0 Å². The molecular weight excluding hydrogens is 284 g/mol. The molecule has 21 heavy (non-hydrogen) atoms. The van der Waals surface area contributed by atoms with Gasteiger partial charge in [-0.2, -0.15) is 0 Å². The second-order valence-corrected chi connectivity index (χ2v) is 6.39. The van der Waals surface area contributed by atoms with E-state index >= 15 is 0 Å². The smallest absolute Gasteiger partial charge is 0.348 e. The highest BCUT2D eigenvalue weighted by molar-refractivity contribution is 7.20. The van der Waals surface area contributed by atoms with Crippen LogP contribution in [0.5, 0.6) is 0 Å². The second-order valence-electron chi connectivity index (χ2n) is 5.31. The Hall–Kier alpha value is -1.59. The molecule has 2 aromatic rings. The fourth-order valence-electron chi connectivity index (χ4n) is 2.67. The topological polar surface area (TPSA) is 32.8 Å². The number of piperazine rings is 1. The molecule has 0 radical (unpaired) electrons. The number of fused-ring (bicyclic) bond motifs is 1. The third-order valence-electron chi connectivity index (χ3n) is 3.86. The molecule has 4 nitrogen and oxygen atoms in total. The Morgan fingerprint density at radius 2 is 2.05 bits per heavy atom. The molecule has 2 heterocycles. The van der Waals surface area contributed by atoms with Gasteiger partial charge in [0.1, 0.15) is 4.88 Å². The second kappa shape index (κ2) is 6.03. The molecule has 0 aliphatic carbocycles. The normalized spacial score (nSPS) is 16.4. The van der Waals surface area contributed by atoms with E-state index in [1.54, 1.807) is 0 Å². The van der Waals surface area contributed by atoms with Gasteiger partial charge in [0.15, 0.2) is 0 Å². The Kier molecular flexibility index (Phi) is 4.12. The molecule has 0 unspecified atom stereocenters. The summed E-state index contributed by atoms with van der Waals surface area (Å²) in [4.78, 5) is 17.3. The molecule has 0 bridgehead atoms. The Bertz CT molecular complexity index is 645. The Morgan fingerprint density at radius 3 is 2.76 bits per heavy atom. The monoisotopic (exact) mass is 304 g/mol. The molecule has 0 amide bonds. The Labute approximate surface area is 128 Å². The maximum Gasteiger partial charge on any atom is 0.348 e. The lowest BCUT2D eigenvalue weighted by atomic mass is 10.1. The molecule has 1 fully saturated rings. The van der Waals surface area contributed by atoms with E-state index in [0.717, 1.165) is 36.3 Å². The lowest BCUT2D eigenvalue weighted by molar-refractivity contribution is 0.0532. The lowest BCUT2D eigenvalue weighted by Gasteiger charge is -2.34. The van der Waals surface area contributed by atoms with Crippen LogP contribution in [0.3, 0.4) is 0 Å². The Morgan fingerprint density at radius 1 is 1.29 bits per heavy atom. The van der Waals surface area contributed by atoms with Crippen molar-refractivity contribution in [3.63, 3.8) is 0 Å². The first-order chi connectivity index (χ1) is 10.2. The molecule has 3 rings (SSSR count). The maximum atomic E-state index is 11.9. The molecule has 1 aliphatic heterocycles.